The molecule has 0 aliphatic rings. The number of nitrogens with one attached hydrogen (secondary N) is 2. The van der Waals surface area contributed by atoms with Gasteiger partial charge in [-0.25, -0.2) is 5.84 Å². The number of aromatic nitrogens is 2. The number of hydrogen-bond acceptors (Lipinski definition) is 6. The summed E-state index contributed by atoms with van der Waals surface area (Å²) >= 11 is 0. The van der Waals surface area contributed by atoms with E-state index in [-0.39, 0.29) is 16.9 Å². The van der Waals surface area contributed by atoms with Crippen LogP contribution in [0.2, 0.25) is 0 Å². The monoisotopic (exact) mass is 257 g/mol. The lowest BCUT2D eigenvalue weighted by Crippen LogP contribution is -2.33. The summed E-state index contributed by atoms with van der Waals surface area (Å²) < 4.78 is 11.1. The van der Waals surface area contributed by atoms with Crippen molar-refractivity contribution in [3.63, 3.8) is 0 Å². The zero-order valence-corrected chi connectivity index (χ0v) is 10.5. The molecular formula is C9H15N5O2S. The van der Waals surface area contributed by atoms with Gasteiger partial charge in [-0.2, -0.15) is 0 Å². The van der Waals surface area contributed by atoms with Crippen molar-refractivity contribution in [3.05, 3.63) is 17.8 Å². The van der Waals surface area contributed by atoms with E-state index < -0.39 is 10.8 Å². The number of amides is 1. The fourth-order valence-corrected chi connectivity index (χ4v) is 1.29. The van der Waals surface area contributed by atoms with Crippen LogP contribution in [0.15, 0.2) is 12.1 Å². The second-order valence-electron chi connectivity index (χ2n) is 3.47. The van der Waals surface area contributed by atoms with Gasteiger partial charge in [0.25, 0.3) is 5.91 Å². The molecule has 0 fully saturated rings. The van der Waals surface area contributed by atoms with Gasteiger partial charge in [-0.1, -0.05) is 0 Å². The van der Waals surface area contributed by atoms with Gasteiger partial charge in [0.2, 0.25) is 0 Å². The highest BCUT2D eigenvalue weighted by Gasteiger charge is 2.11. The van der Waals surface area contributed by atoms with Crippen molar-refractivity contribution in [2.75, 3.05) is 18.2 Å². The third-order valence-electron chi connectivity index (χ3n) is 2.16. The van der Waals surface area contributed by atoms with Crippen molar-refractivity contribution in [3.8, 4) is 0 Å². The van der Waals surface area contributed by atoms with Crippen LogP contribution in [0, 0.1) is 0 Å². The Labute approximate surface area is 102 Å². The zero-order chi connectivity index (χ0) is 12.8. The van der Waals surface area contributed by atoms with Gasteiger partial charge in [0.05, 0.1) is 0 Å². The molecule has 1 rings (SSSR count). The summed E-state index contributed by atoms with van der Waals surface area (Å²) in [5.74, 6) is 5.15. The molecule has 17 heavy (non-hydrogen) atoms. The molecule has 0 spiro atoms. The van der Waals surface area contributed by atoms with Crippen LogP contribution >= 0.6 is 0 Å². The minimum atomic E-state index is -0.966. The summed E-state index contributed by atoms with van der Waals surface area (Å²) in [6.45, 7) is 2.13. The predicted molar refractivity (Wildman–Crippen MR) is 65.7 cm³/mol. The maximum atomic E-state index is 11.6. The molecule has 0 aromatic carbocycles. The fourth-order valence-electron chi connectivity index (χ4n) is 0.975. The number of nitrogens with zero attached hydrogens (tertiary/aromatic N) is 2. The lowest BCUT2D eigenvalue weighted by Gasteiger charge is -2.09. The van der Waals surface area contributed by atoms with E-state index in [0.717, 1.165) is 0 Å². The summed E-state index contributed by atoms with van der Waals surface area (Å²) in [5, 5.41) is 9.90. The Bertz CT molecular complexity index is 408. The first-order valence-electron chi connectivity index (χ1n) is 4.95. The second kappa shape index (κ2) is 6.26. The van der Waals surface area contributed by atoms with Gasteiger partial charge in [0, 0.05) is 28.9 Å². The molecular weight excluding hydrogens is 242 g/mol. The molecule has 7 nitrogen and oxygen atoms in total. The van der Waals surface area contributed by atoms with E-state index in [2.05, 4.69) is 20.9 Å². The topological polar surface area (TPSA) is 110 Å². The number of hydrogen-bond donors (Lipinski definition) is 3. The summed E-state index contributed by atoms with van der Waals surface area (Å²) in [7, 11) is -0.966. The van der Waals surface area contributed by atoms with Crippen LogP contribution in [0.1, 0.15) is 17.4 Å². The van der Waals surface area contributed by atoms with Crippen LogP contribution in [0.5, 0.6) is 0 Å². The molecule has 0 radical (unpaired) electrons. The van der Waals surface area contributed by atoms with E-state index in [0.29, 0.717) is 12.4 Å². The van der Waals surface area contributed by atoms with Gasteiger partial charge in [0.15, 0.2) is 11.5 Å². The maximum Gasteiger partial charge on any atom is 0.271 e. The SMILES string of the molecule is CC(CNC(=O)c1ccc(NN)nn1)S(C)=O. The van der Waals surface area contributed by atoms with Crippen LogP contribution in [0.25, 0.3) is 0 Å². The summed E-state index contributed by atoms with van der Waals surface area (Å²) in [6, 6.07) is 3.05. The summed E-state index contributed by atoms with van der Waals surface area (Å²) in [5.41, 5.74) is 2.51. The number of nitrogens with two attached hydrogens (primary N) is 1. The predicted octanol–water partition coefficient (Wildman–Crippen LogP) is -0.741. The van der Waals surface area contributed by atoms with Crippen molar-refractivity contribution in [1.29, 1.82) is 0 Å². The Kier molecular flexibility index (Phi) is 4.98. The Morgan fingerprint density at radius 3 is 2.71 bits per heavy atom. The highest BCUT2D eigenvalue weighted by Crippen LogP contribution is 2.00. The van der Waals surface area contributed by atoms with Crippen LogP contribution in [-0.2, 0) is 10.8 Å². The van der Waals surface area contributed by atoms with Gasteiger partial charge in [-0.3, -0.25) is 9.00 Å². The van der Waals surface area contributed by atoms with Crippen molar-refractivity contribution in [2.45, 2.75) is 12.2 Å². The van der Waals surface area contributed by atoms with Gasteiger partial charge < -0.3 is 10.7 Å². The average molecular weight is 257 g/mol. The van der Waals surface area contributed by atoms with Crippen LogP contribution < -0.4 is 16.6 Å². The molecule has 0 aliphatic carbocycles. The third kappa shape index (κ3) is 4.08. The molecule has 0 bridgehead atoms. The number of hydrazine groups is 1. The average Bonchev–Trinajstić information content (AvgIpc) is 2.35. The highest BCUT2D eigenvalue weighted by atomic mass is 32.2. The van der Waals surface area contributed by atoms with Crippen molar-refractivity contribution in [1.82, 2.24) is 15.5 Å². The molecule has 0 saturated heterocycles. The van der Waals surface area contributed by atoms with Gasteiger partial charge in [0.1, 0.15) is 0 Å². The lowest BCUT2D eigenvalue weighted by molar-refractivity contribution is 0.0948. The molecule has 1 amide bonds. The van der Waals surface area contributed by atoms with Crippen LogP contribution in [0.4, 0.5) is 5.82 Å². The van der Waals surface area contributed by atoms with E-state index in [1.807, 2.05) is 0 Å². The molecule has 2 atom stereocenters. The third-order valence-corrected chi connectivity index (χ3v) is 3.46. The normalized spacial score (nSPS) is 13.8. The van der Waals surface area contributed by atoms with Crippen molar-refractivity contribution in [2.24, 2.45) is 5.84 Å². The van der Waals surface area contributed by atoms with E-state index in [4.69, 9.17) is 5.84 Å². The molecule has 8 heteroatoms. The molecule has 1 aromatic heterocycles. The molecule has 94 valence electrons. The van der Waals surface area contributed by atoms with Gasteiger partial charge in [-0.15, -0.1) is 10.2 Å². The fraction of sp³-hybridized carbons (Fsp3) is 0.444. The standard InChI is InChI=1S/C9H15N5O2S/c1-6(17(2)16)5-11-9(15)7-3-4-8(12-10)14-13-7/h3-4,6H,5,10H2,1-2H3,(H,11,15)(H,12,14). The first-order valence-corrected chi connectivity index (χ1v) is 6.57. The smallest absolute Gasteiger partial charge is 0.271 e. The van der Waals surface area contributed by atoms with Crippen LogP contribution in [-0.4, -0.2) is 38.4 Å². The van der Waals surface area contributed by atoms with Gasteiger partial charge >= 0.3 is 0 Å². The minimum Gasteiger partial charge on any atom is -0.349 e. The number of rotatable bonds is 5. The van der Waals surface area contributed by atoms with E-state index in [1.54, 1.807) is 19.2 Å². The Hall–Kier alpha value is -1.54. The Morgan fingerprint density at radius 1 is 1.53 bits per heavy atom. The van der Waals surface area contributed by atoms with Gasteiger partial charge in [-0.05, 0) is 19.1 Å². The lowest BCUT2D eigenvalue weighted by atomic mass is 10.3. The quantitative estimate of drug-likeness (QED) is 0.473. The van der Waals surface area contributed by atoms with E-state index in [1.165, 1.54) is 6.07 Å². The molecule has 2 unspecified atom stereocenters. The van der Waals surface area contributed by atoms with E-state index >= 15 is 0 Å². The van der Waals surface area contributed by atoms with Crippen molar-refractivity contribution >= 4 is 22.5 Å². The number of nitrogen functional groups attached to an aromatic ring is 1. The molecule has 0 saturated carbocycles. The molecule has 1 heterocycles. The maximum absolute atomic E-state index is 11.6. The summed E-state index contributed by atoms with van der Waals surface area (Å²) in [4.78, 5) is 11.6. The molecule has 1 aromatic rings. The second-order valence-corrected chi connectivity index (χ2v) is 5.27. The molecule has 0 aliphatic heterocycles. The van der Waals surface area contributed by atoms with Crippen molar-refractivity contribution < 1.29 is 9.00 Å². The Morgan fingerprint density at radius 2 is 2.24 bits per heavy atom. The first-order chi connectivity index (χ1) is 8.04. The highest BCUT2D eigenvalue weighted by molar-refractivity contribution is 7.84. The summed E-state index contributed by atoms with van der Waals surface area (Å²) in [6.07, 6.45) is 1.60. The van der Waals surface area contributed by atoms with E-state index in [9.17, 15) is 9.00 Å². The van der Waals surface area contributed by atoms with Crippen LogP contribution in [0.3, 0.4) is 0 Å². The number of carbonyl (C=O) groups excluding carboxylic acids is 1. The number of carbonyl (C=O) groups is 1. The Balaban J connectivity index is 2.55. The first kappa shape index (κ1) is 13.5. The largest absolute Gasteiger partial charge is 0.349 e. The number of anilines is 1. The zero-order valence-electron chi connectivity index (χ0n) is 9.64. The minimum absolute atomic E-state index is 0.100. The molecule has 4 N–H and O–H groups in total.